The zero-order valence-electron chi connectivity index (χ0n) is 11.3. The number of rotatable bonds is 5. The Labute approximate surface area is 127 Å². The first-order valence-corrected chi connectivity index (χ1v) is 6.05. The molecule has 1 heterocycles. The van der Waals surface area contributed by atoms with E-state index in [1.165, 1.54) is 5.56 Å². The van der Waals surface area contributed by atoms with Crippen LogP contribution in [0.4, 0.5) is 0 Å². The van der Waals surface area contributed by atoms with Gasteiger partial charge in [0.15, 0.2) is 5.96 Å². The number of pyridine rings is 1. The summed E-state index contributed by atoms with van der Waals surface area (Å²) in [5.41, 5.74) is 1.24. The fourth-order valence-electron chi connectivity index (χ4n) is 1.39. The van der Waals surface area contributed by atoms with Crippen molar-refractivity contribution < 1.29 is 0 Å². The molecule has 0 saturated carbocycles. The minimum atomic E-state index is 0. The lowest BCUT2D eigenvalue weighted by atomic mass is 10.2. The van der Waals surface area contributed by atoms with E-state index in [1.54, 1.807) is 13.2 Å². The van der Waals surface area contributed by atoms with Crippen molar-refractivity contribution >= 4 is 29.9 Å². The largest absolute Gasteiger partial charge is 0.356 e. The van der Waals surface area contributed by atoms with Crippen LogP contribution >= 0.6 is 24.0 Å². The monoisotopic (exact) mass is 362 g/mol. The van der Waals surface area contributed by atoms with E-state index in [4.69, 9.17) is 0 Å². The molecule has 0 fully saturated rings. The number of aromatic nitrogens is 1. The molecule has 5 heteroatoms. The number of hydrogen-bond acceptors (Lipinski definition) is 2. The molecular formula is C13H23IN4. The van der Waals surface area contributed by atoms with Crippen LogP contribution < -0.4 is 10.6 Å². The molecule has 18 heavy (non-hydrogen) atoms. The van der Waals surface area contributed by atoms with Crippen LogP contribution in [0.2, 0.25) is 0 Å². The first-order chi connectivity index (χ1) is 8.22. The molecule has 0 atom stereocenters. The molecule has 1 aromatic rings. The summed E-state index contributed by atoms with van der Waals surface area (Å²) in [6, 6.07) is 4.04. The van der Waals surface area contributed by atoms with Crippen molar-refractivity contribution in [1.29, 1.82) is 0 Å². The van der Waals surface area contributed by atoms with E-state index in [0.717, 1.165) is 25.5 Å². The summed E-state index contributed by atoms with van der Waals surface area (Å²) in [5.74, 6) is 1.48. The van der Waals surface area contributed by atoms with Gasteiger partial charge in [0.2, 0.25) is 0 Å². The van der Waals surface area contributed by atoms with Gasteiger partial charge in [0.25, 0.3) is 0 Å². The fraction of sp³-hybridized carbons (Fsp3) is 0.538. The molecule has 0 radical (unpaired) electrons. The second kappa shape index (κ2) is 10.1. The summed E-state index contributed by atoms with van der Waals surface area (Å²) in [4.78, 5) is 8.26. The summed E-state index contributed by atoms with van der Waals surface area (Å²) in [5, 5.41) is 6.56. The number of hydrogen-bond donors (Lipinski definition) is 2. The summed E-state index contributed by atoms with van der Waals surface area (Å²) < 4.78 is 0. The zero-order valence-corrected chi connectivity index (χ0v) is 13.6. The van der Waals surface area contributed by atoms with E-state index in [0.29, 0.717) is 5.92 Å². The maximum absolute atomic E-state index is 4.17. The van der Waals surface area contributed by atoms with E-state index in [9.17, 15) is 0 Å². The van der Waals surface area contributed by atoms with Crippen LogP contribution in [0, 0.1) is 5.92 Å². The second-order valence-corrected chi connectivity index (χ2v) is 4.39. The van der Waals surface area contributed by atoms with Gasteiger partial charge in [-0.15, -0.1) is 24.0 Å². The lowest BCUT2D eigenvalue weighted by Crippen LogP contribution is -2.39. The third-order valence-corrected chi connectivity index (χ3v) is 2.33. The van der Waals surface area contributed by atoms with Crippen LogP contribution in [0.25, 0.3) is 0 Å². The van der Waals surface area contributed by atoms with E-state index in [1.807, 2.05) is 12.3 Å². The standard InChI is InChI=1S/C13H22N4.HI/c1-11(2)9-17-13(14-3)16-8-6-12-5-4-7-15-10-12;/h4-5,7,10-11H,6,8-9H2,1-3H3,(H2,14,16,17);1H. The van der Waals surface area contributed by atoms with Crippen LogP contribution in [0.3, 0.4) is 0 Å². The van der Waals surface area contributed by atoms with Crippen LogP contribution in [-0.2, 0) is 6.42 Å². The molecule has 0 aliphatic carbocycles. The van der Waals surface area contributed by atoms with Crippen molar-refractivity contribution in [2.24, 2.45) is 10.9 Å². The van der Waals surface area contributed by atoms with Gasteiger partial charge in [-0.25, -0.2) is 0 Å². The highest BCUT2D eigenvalue weighted by atomic mass is 127. The third-order valence-electron chi connectivity index (χ3n) is 2.33. The van der Waals surface area contributed by atoms with E-state index in [-0.39, 0.29) is 24.0 Å². The molecule has 0 bridgehead atoms. The molecule has 0 spiro atoms. The minimum Gasteiger partial charge on any atom is -0.356 e. The van der Waals surface area contributed by atoms with Gasteiger partial charge in [-0.1, -0.05) is 19.9 Å². The summed E-state index contributed by atoms with van der Waals surface area (Å²) in [7, 11) is 1.79. The van der Waals surface area contributed by atoms with Crippen molar-refractivity contribution in [3.63, 3.8) is 0 Å². The number of nitrogens with one attached hydrogen (secondary N) is 2. The third kappa shape index (κ3) is 7.47. The van der Waals surface area contributed by atoms with Gasteiger partial charge in [0, 0.05) is 32.5 Å². The molecule has 102 valence electrons. The Hall–Kier alpha value is -0.850. The highest BCUT2D eigenvalue weighted by molar-refractivity contribution is 14.0. The van der Waals surface area contributed by atoms with Gasteiger partial charge >= 0.3 is 0 Å². The second-order valence-electron chi connectivity index (χ2n) is 4.39. The Kier molecular flexibility index (Phi) is 9.63. The predicted octanol–water partition coefficient (Wildman–Crippen LogP) is 2.06. The van der Waals surface area contributed by atoms with Gasteiger partial charge in [-0.3, -0.25) is 9.98 Å². The molecule has 0 saturated heterocycles. The Morgan fingerprint density at radius 1 is 1.39 bits per heavy atom. The Morgan fingerprint density at radius 3 is 2.72 bits per heavy atom. The van der Waals surface area contributed by atoms with Crippen LogP contribution in [0.1, 0.15) is 19.4 Å². The first kappa shape index (κ1) is 17.2. The first-order valence-electron chi connectivity index (χ1n) is 6.05. The molecule has 4 nitrogen and oxygen atoms in total. The van der Waals surface area contributed by atoms with E-state index < -0.39 is 0 Å². The molecule has 0 amide bonds. The Balaban J connectivity index is 0.00000289. The Bertz CT molecular complexity index is 338. The van der Waals surface area contributed by atoms with Crippen LogP contribution in [0.15, 0.2) is 29.5 Å². The summed E-state index contributed by atoms with van der Waals surface area (Å²) >= 11 is 0. The Morgan fingerprint density at radius 2 is 2.17 bits per heavy atom. The SMILES string of the molecule is CN=C(NCCc1cccnc1)NCC(C)C.I. The van der Waals surface area contributed by atoms with Crippen molar-refractivity contribution in [2.45, 2.75) is 20.3 Å². The molecule has 1 rings (SSSR count). The number of halogens is 1. The average molecular weight is 362 g/mol. The van der Waals surface area contributed by atoms with Gasteiger partial charge < -0.3 is 10.6 Å². The zero-order chi connectivity index (χ0) is 12.5. The van der Waals surface area contributed by atoms with Gasteiger partial charge in [0.05, 0.1) is 0 Å². The minimum absolute atomic E-state index is 0. The van der Waals surface area contributed by atoms with Crippen LogP contribution in [-0.4, -0.2) is 31.1 Å². The number of nitrogens with zero attached hydrogens (tertiary/aromatic N) is 2. The maximum atomic E-state index is 4.17. The van der Waals surface area contributed by atoms with E-state index >= 15 is 0 Å². The van der Waals surface area contributed by atoms with Gasteiger partial charge in [-0.2, -0.15) is 0 Å². The van der Waals surface area contributed by atoms with Crippen molar-refractivity contribution in [1.82, 2.24) is 15.6 Å². The lowest BCUT2D eigenvalue weighted by Gasteiger charge is -2.13. The van der Waals surface area contributed by atoms with E-state index in [2.05, 4.69) is 40.5 Å². The maximum Gasteiger partial charge on any atom is 0.190 e. The summed E-state index contributed by atoms with van der Waals surface area (Å²) in [6.45, 7) is 6.15. The van der Waals surface area contributed by atoms with Crippen LogP contribution in [0.5, 0.6) is 0 Å². The van der Waals surface area contributed by atoms with Crippen molar-refractivity contribution in [2.75, 3.05) is 20.1 Å². The fourth-order valence-corrected chi connectivity index (χ4v) is 1.39. The normalized spacial score (nSPS) is 11.0. The molecular weight excluding hydrogens is 339 g/mol. The highest BCUT2D eigenvalue weighted by Gasteiger charge is 1.99. The summed E-state index contributed by atoms with van der Waals surface area (Å²) in [6.07, 6.45) is 4.64. The average Bonchev–Trinajstić information content (AvgIpc) is 2.34. The molecule has 1 aromatic heterocycles. The quantitative estimate of drug-likeness (QED) is 0.479. The predicted molar refractivity (Wildman–Crippen MR) is 87.6 cm³/mol. The smallest absolute Gasteiger partial charge is 0.190 e. The molecule has 0 aliphatic heterocycles. The lowest BCUT2D eigenvalue weighted by molar-refractivity contribution is 0.614. The van der Waals surface area contributed by atoms with Crippen molar-refractivity contribution in [3.05, 3.63) is 30.1 Å². The molecule has 0 aliphatic rings. The number of guanidine groups is 1. The van der Waals surface area contributed by atoms with Gasteiger partial charge in [0.1, 0.15) is 0 Å². The van der Waals surface area contributed by atoms with Gasteiger partial charge in [-0.05, 0) is 24.0 Å². The highest BCUT2D eigenvalue weighted by Crippen LogP contribution is 1.95. The molecule has 0 unspecified atom stereocenters. The molecule has 0 aromatic carbocycles. The van der Waals surface area contributed by atoms with Crippen molar-refractivity contribution in [3.8, 4) is 0 Å². The topological polar surface area (TPSA) is 49.3 Å². The molecule has 2 N–H and O–H groups in total. The number of aliphatic imine (C=N–C) groups is 1.